The molecule has 0 aliphatic carbocycles. The minimum Gasteiger partial charge on any atom is -0.469 e. The minimum atomic E-state index is -1.18. The van der Waals surface area contributed by atoms with Gasteiger partial charge in [-0.1, -0.05) is 26.7 Å². The van der Waals surface area contributed by atoms with Crippen molar-refractivity contribution in [2.45, 2.75) is 102 Å². The van der Waals surface area contributed by atoms with Gasteiger partial charge in [-0.15, -0.1) is 11.3 Å². The summed E-state index contributed by atoms with van der Waals surface area (Å²) < 4.78 is 4.81. The van der Waals surface area contributed by atoms with Crippen LogP contribution in [0.25, 0.3) is 0 Å². The largest absolute Gasteiger partial charge is 0.469 e. The topological polar surface area (TPSA) is 228 Å². The number of nitrogens with zero attached hydrogens (tertiary/aromatic N) is 3. The second-order valence-corrected chi connectivity index (χ2v) is 12.4. The normalized spacial score (nSPS) is 20.4. The number of aromatic nitrogens is 1. The molecule has 46 heavy (non-hydrogen) atoms. The molecule has 7 N–H and O–H groups in total. The van der Waals surface area contributed by atoms with Gasteiger partial charge in [0.15, 0.2) is 16.8 Å². The Morgan fingerprint density at radius 3 is 2.43 bits per heavy atom. The van der Waals surface area contributed by atoms with Gasteiger partial charge in [-0.05, 0) is 38.5 Å². The summed E-state index contributed by atoms with van der Waals surface area (Å²) in [6.07, 6.45) is 5.19. The third-order valence-electron chi connectivity index (χ3n) is 8.31. The van der Waals surface area contributed by atoms with Gasteiger partial charge in [0.05, 0.1) is 44.2 Å². The summed E-state index contributed by atoms with van der Waals surface area (Å²) in [6, 6.07) is -4.66. The Hall–Kier alpha value is -3.92. The highest BCUT2D eigenvalue weighted by Crippen LogP contribution is 2.30. The summed E-state index contributed by atoms with van der Waals surface area (Å²) in [5.41, 5.74) is 10.8. The molecule has 2 fully saturated rings. The van der Waals surface area contributed by atoms with Crippen LogP contribution in [0.5, 0.6) is 0 Å². The summed E-state index contributed by atoms with van der Waals surface area (Å²) in [7, 11) is 1.20. The lowest BCUT2D eigenvalue weighted by molar-refractivity contribution is -0.147. The van der Waals surface area contributed by atoms with Gasteiger partial charge >= 0.3 is 5.97 Å². The first-order valence-electron chi connectivity index (χ1n) is 15.8. The van der Waals surface area contributed by atoms with Crippen molar-refractivity contribution in [1.29, 1.82) is 0 Å². The van der Waals surface area contributed by atoms with Crippen LogP contribution in [0, 0.1) is 5.92 Å². The number of carbonyl (C=O) groups excluding carboxylic acids is 6. The molecule has 3 amide bonds. The molecule has 2 saturated heterocycles. The minimum absolute atomic E-state index is 0.0831. The molecular formula is C30H46N8O7S. The summed E-state index contributed by atoms with van der Waals surface area (Å²) >= 11 is 1.15. The molecule has 254 valence electrons. The molecule has 5 unspecified atom stereocenters. The molecule has 2 aliphatic heterocycles. The van der Waals surface area contributed by atoms with E-state index in [1.807, 2.05) is 13.8 Å². The number of nitrogens with two attached hydrogens (primary N) is 2. The summed E-state index contributed by atoms with van der Waals surface area (Å²) in [5, 5.41) is 10.5. The highest BCUT2D eigenvalue weighted by Gasteiger charge is 2.50. The third-order valence-corrected chi connectivity index (χ3v) is 9.10. The number of methoxy groups -OCH3 is 1. The number of hydrogen-bond donors (Lipinski definition) is 5. The number of Topliss-reactive ketones (excluding diaryl/α,β-unsaturated/α-hetero) is 2. The Balaban J connectivity index is 1.78. The van der Waals surface area contributed by atoms with Gasteiger partial charge in [-0.3, -0.25) is 39.1 Å². The quantitative estimate of drug-likeness (QED) is 0.0463. The van der Waals surface area contributed by atoms with Gasteiger partial charge in [-0.2, -0.15) is 0 Å². The highest BCUT2D eigenvalue weighted by molar-refractivity contribution is 7.11. The van der Waals surface area contributed by atoms with Crippen LogP contribution < -0.4 is 27.4 Å². The number of guanidine groups is 1. The van der Waals surface area contributed by atoms with Crippen LogP contribution in [0.15, 0.2) is 16.6 Å². The summed E-state index contributed by atoms with van der Waals surface area (Å²) in [6.45, 7) is 3.98. The second-order valence-electron chi connectivity index (χ2n) is 11.5. The van der Waals surface area contributed by atoms with E-state index in [2.05, 4.69) is 25.9 Å². The van der Waals surface area contributed by atoms with Gasteiger partial charge in [0, 0.05) is 24.0 Å². The number of amides is 3. The van der Waals surface area contributed by atoms with E-state index in [4.69, 9.17) is 16.2 Å². The molecule has 15 nitrogen and oxygen atoms in total. The maximum atomic E-state index is 13.9. The van der Waals surface area contributed by atoms with E-state index < -0.39 is 47.9 Å². The van der Waals surface area contributed by atoms with Crippen molar-refractivity contribution >= 4 is 52.6 Å². The number of aliphatic imine (C=N–C) groups is 1. The molecule has 0 spiro atoms. The van der Waals surface area contributed by atoms with E-state index in [0.717, 1.165) is 24.2 Å². The van der Waals surface area contributed by atoms with Crippen LogP contribution in [-0.2, 0) is 28.7 Å². The van der Waals surface area contributed by atoms with Crippen molar-refractivity contribution in [3.63, 3.8) is 0 Å². The molecule has 1 aromatic heterocycles. The molecule has 3 rings (SSSR count). The number of esters is 1. The fourth-order valence-electron chi connectivity index (χ4n) is 6.11. The first-order valence-corrected chi connectivity index (χ1v) is 16.6. The van der Waals surface area contributed by atoms with E-state index in [0.29, 0.717) is 25.7 Å². The van der Waals surface area contributed by atoms with Crippen LogP contribution in [0.4, 0.5) is 0 Å². The molecule has 16 heteroatoms. The Kier molecular flexibility index (Phi) is 14.1. The van der Waals surface area contributed by atoms with E-state index in [9.17, 15) is 28.8 Å². The fraction of sp³-hybridized carbons (Fsp3) is 0.667. The van der Waals surface area contributed by atoms with Crippen LogP contribution >= 0.6 is 11.3 Å². The van der Waals surface area contributed by atoms with Crippen molar-refractivity contribution < 1.29 is 33.5 Å². The molecule has 2 aliphatic rings. The highest BCUT2D eigenvalue weighted by atomic mass is 32.1. The van der Waals surface area contributed by atoms with E-state index in [-0.39, 0.29) is 66.8 Å². The van der Waals surface area contributed by atoms with Crippen molar-refractivity contribution in [3.8, 4) is 0 Å². The first-order chi connectivity index (χ1) is 22.0. The Bertz CT molecular complexity index is 1260. The van der Waals surface area contributed by atoms with E-state index in [1.165, 1.54) is 18.2 Å². The van der Waals surface area contributed by atoms with Gasteiger partial charge in [0.2, 0.25) is 23.5 Å². The second kappa shape index (κ2) is 17.7. The number of fused-ring (bicyclic) bond motifs is 1. The van der Waals surface area contributed by atoms with Gasteiger partial charge in [0.1, 0.15) is 6.04 Å². The zero-order valence-electron chi connectivity index (χ0n) is 26.7. The number of piperazine rings is 1. The standard InChI is InChI=1S/C30H46N8O7S/c1-4-7-17(8-5-2)27(43)37-19(15-23(40)45-3)25(41)24-20-10-11-21(38(20)22(39)16-35-24)28(44)36-18(9-6-12-34-30(31)32)26(42)29-33-13-14-46-29/h13-14,17-21,24,35H,4-12,15-16H2,1-3H3,(H,36,44)(H,37,43)(H4,31,32,34). The molecule has 0 radical (unpaired) electrons. The first kappa shape index (κ1) is 36.5. The number of thiazole rings is 1. The Morgan fingerprint density at radius 1 is 1.11 bits per heavy atom. The van der Waals surface area contributed by atoms with Crippen molar-refractivity contribution in [2.24, 2.45) is 22.4 Å². The third kappa shape index (κ3) is 9.55. The van der Waals surface area contributed by atoms with Crippen molar-refractivity contribution in [2.75, 3.05) is 20.2 Å². The van der Waals surface area contributed by atoms with Crippen LogP contribution in [0.2, 0.25) is 0 Å². The van der Waals surface area contributed by atoms with Crippen molar-refractivity contribution in [3.05, 3.63) is 16.6 Å². The van der Waals surface area contributed by atoms with Gasteiger partial charge in [0.25, 0.3) is 0 Å². The molecular weight excluding hydrogens is 616 g/mol. The SMILES string of the molecule is CCCC(CCC)C(=O)NC(CC(=O)OC)C(=O)C1NCC(=O)N2C(C(=O)NC(CCCN=C(N)N)C(=O)c3nccs3)CCC12. The lowest BCUT2D eigenvalue weighted by Crippen LogP contribution is -2.66. The van der Waals surface area contributed by atoms with E-state index in [1.54, 1.807) is 5.38 Å². The molecule has 1 aromatic rings. The summed E-state index contributed by atoms with van der Waals surface area (Å²) in [5.74, 6) is -3.10. The molecule has 0 saturated carbocycles. The predicted molar refractivity (Wildman–Crippen MR) is 171 cm³/mol. The van der Waals surface area contributed by atoms with Crippen LogP contribution in [-0.4, -0.2) is 102 Å². The number of ketones is 2. The maximum absolute atomic E-state index is 13.9. The monoisotopic (exact) mass is 662 g/mol. The summed E-state index contributed by atoms with van der Waals surface area (Å²) in [4.78, 5) is 88.8. The number of hydrogen-bond acceptors (Lipinski definition) is 11. The van der Waals surface area contributed by atoms with Crippen LogP contribution in [0.1, 0.15) is 81.4 Å². The average molecular weight is 663 g/mol. The number of carbonyl (C=O) groups is 6. The molecule has 3 heterocycles. The molecule has 0 aromatic carbocycles. The van der Waals surface area contributed by atoms with Crippen LogP contribution in [0.3, 0.4) is 0 Å². The Morgan fingerprint density at radius 2 is 1.83 bits per heavy atom. The van der Waals surface area contributed by atoms with Crippen molar-refractivity contribution in [1.82, 2.24) is 25.8 Å². The van der Waals surface area contributed by atoms with Gasteiger partial charge < -0.3 is 31.7 Å². The van der Waals surface area contributed by atoms with Gasteiger partial charge in [-0.25, -0.2) is 4.98 Å². The fourth-order valence-corrected chi connectivity index (χ4v) is 6.74. The number of nitrogens with one attached hydrogen (secondary N) is 3. The molecule has 0 bridgehead atoms. The Labute approximate surface area is 272 Å². The zero-order valence-corrected chi connectivity index (χ0v) is 27.5. The number of ether oxygens (including phenoxy) is 1. The predicted octanol–water partition coefficient (Wildman–Crippen LogP) is 0.0290. The smallest absolute Gasteiger partial charge is 0.308 e. The maximum Gasteiger partial charge on any atom is 0.308 e. The lowest BCUT2D eigenvalue weighted by atomic mass is 9.91. The zero-order chi connectivity index (χ0) is 33.8. The number of rotatable bonds is 18. The molecule has 5 atom stereocenters. The van der Waals surface area contributed by atoms with E-state index >= 15 is 0 Å². The lowest BCUT2D eigenvalue weighted by Gasteiger charge is -2.40. The average Bonchev–Trinajstić information content (AvgIpc) is 3.73.